The van der Waals surface area contributed by atoms with Crippen molar-refractivity contribution in [3.05, 3.63) is 54.6 Å². The largest absolute Gasteiger partial charge is 0.544 e. The predicted octanol–water partition coefficient (Wildman–Crippen LogP) is 0.915. The summed E-state index contributed by atoms with van der Waals surface area (Å²) in [6.07, 6.45) is 3.97. The number of hydrogen-bond acceptors (Lipinski definition) is 5. The third-order valence-corrected chi connectivity index (χ3v) is 4.55. The first-order chi connectivity index (χ1) is 14.6. The van der Waals surface area contributed by atoms with Gasteiger partial charge in [-0.1, -0.05) is 18.2 Å². The van der Waals surface area contributed by atoms with E-state index in [0.29, 0.717) is 17.9 Å². The predicted molar refractivity (Wildman–Crippen MR) is 112 cm³/mol. The molecule has 0 spiro atoms. The quantitative estimate of drug-likeness (QED) is 0.333. The number of hydrogen-bond donors (Lipinski definition) is 3. The van der Waals surface area contributed by atoms with E-state index in [9.17, 15) is 14.7 Å². The molecule has 2 aromatic rings. The molecule has 0 aromatic heterocycles. The van der Waals surface area contributed by atoms with Gasteiger partial charge in [0.2, 0.25) is 5.91 Å². The highest BCUT2D eigenvalue weighted by Gasteiger charge is 2.18. The Kier molecular flexibility index (Phi) is 10.2. The van der Waals surface area contributed by atoms with Crippen LogP contribution in [0.1, 0.15) is 32.1 Å². The molecule has 2 rings (SSSR count). The second-order valence-corrected chi connectivity index (χ2v) is 7.05. The lowest BCUT2D eigenvalue weighted by atomic mass is 10.1. The maximum Gasteiger partial charge on any atom is 0.230 e. The van der Waals surface area contributed by atoms with Gasteiger partial charge >= 0.3 is 0 Å². The SMILES string of the molecule is [NH3+]CCCCCC[NH2+][C@H](CC(=O)Nc1ccc(N=Nc2ccccc2)cc1)C(=O)[O-]. The molecule has 0 aliphatic heterocycles. The molecule has 1 atom stereocenters. The number of carbonyl (C=O) groups excluding carboxylic acids is 2. The summed E-state index contributed by atoms with van der Waals surface area (Å²) in [5.74, 6) is -1.59. The molecule has 1 amide bonds. The first kappa shape index (κ1) is 23.2. The van der Waals surface area contributed by atoms with E-state index in [-0.39, 0.29) is 12.3 Å². The Bertz CT molecular complexity index is 809. The number of nitrogens with zero attached hydrogens (tertiary/aromatic N) is 2. The fourth-order valence-corrected chi connectivity index (χ4v) is 2.89. The van der Waals surface area contributed by atoms with Crippen LogP contribution in [0.4, 0.5) is 17.1 Å². The topological polar surface area (TPSA) is 138 Å². The Hall–Kier alpha value is -3.10. The van der Waals surface area contributed by atoms with E-state index in [1.54, 1.807) is 29.6 Å². The van der Waals surface area contributed by atoms with E-state index < -0.39 is 12.0 Å². The minimum atomic E-state index is -1.22. The normalized spacial score (nSPS) is 12.0. The monoisotopic (exact) mass is 412 g/mol. The summed E-state index contributed by atoms with van der Waals surface area (Å²) in [6.45, 7) is 1.58. The lowest BCUT2D eigenvalue weighted by Crippen LogP contribution is -2.93. The van der Waals surface area contributed by atoms with E-state index in [2.05, 4.69) is 21.3 Å². The number of anilines is 1. The number of nitrogens with one attached hydrogen (secondary N) is 1. The van der Waals surface area contributed by atoms with Crippen LogP contribution in [0.25, 0.3) is 0 Å². The van der Waals surface area contributed by atoms with Crippen LogP contribution >= 0.6 is 0 Å². The molecule has 8 nitrogen and oxygen atoms in total. The maximum absolute atomic E-state index is 12.2. The van der Waals surface area contributed by atoms with Crippen molar-refractivity contribution in [3.63, 3.8) is 0 Å². The molecule has 0 unspecified atom stereocenters. The number of aliphatic carboxylic acids is 1. The van der Waals surface area contributed by atoms with Gasteiger partial charge in [-0.25, -0.2) is 0 Å². The molecule has 0 bridgehead atoms. The molecule has 30 heavy (non-hydrogen) atoms. The van der Waals surface area contributed by atoms with Crippen molar-refractivity contribution in [3.8, 4) is 0 Å². The fraction of sp³-hybridized carbons (Fsp3) is 0.364. The second kappa shape index (κ2) is 13.2. The van der Waals surface area contributed by atoms with Gasteiger partial charge in [-0.2, -0.15) is 10.2 Å². The smallest absolute Gasteiger partial charge is 0.230 e. The number of nitrogens with two attached hydrogens (primary N) is 1. The zero-order valence-electron chi connectivity index (χ0n) is 17.1. The molecule has 0 aliphatic rings. The fourth-order valence-electron chi connectivity index (χ4n) is 2.89. The highest BCUT2D eigenvalue weighted by atomic mass is 16.4. The average molecular weight is 413 g/mol. The van der Waals surface area contributed by atoms with Gasteiger partial charge in [-0.05, 0) is 62.1 Å². The van der Waals surface area contributed by atoms with Crippen molar-refractivity contribution in [2.45, 2.75) is 38.1 Å². The van der Waals surface area contributed by atoms with Crippen LogP contribution in [0, 0.1) is 0 Å². The molecule has 0 radical (unpaired) electrons. The highest BCUT2D eigenvalue weighted by molar-refractivity contribution is 5.93. The first-order valence-electron chi connectivity index (χ1n) is 10.3. The van der Waals surface area contributed by atoms with Crippen molar-refractivity contribution in [1.29, 1.82) is 0 Å². The number of unbranched alkanes of at least 4 members (excludes halogenated alkanes) is 3. The van der Waals surface area contributed by atoms with Crippen LogP contribution in [0.3, 0.4) is 0 Å². The highest BCUT2D eigenvalue weighted by Crippen LogP contribution is 2.20. The molecule has 0 fully saturated rings. The number of quaternary nitrogens is 2. The number of carbonyl (C=O) groups is 2. The third kappa shape index (κ3) is 8.93. The van der Waals surface area contributed by atoms with Crippen molar-refractivity contribution >= 4 is 28.9 Å². The lowest BCUT2D eigenvalue weighted by molar-refractivity contribution is -0.682. The van der Waals surface area contributed by atoms with Crippen LogP contribution in [-0.4, -0.2) is 31.0 Å². The Balaban J connectivity index is 1.79. The summed E-state index contributed by atoms with van der Waals surface area (Å²) in [5, 5.41) is 24.0. The number of rotatable bonds is 13. The van der Waals surface area contributed by atoms with E-state index >= 15 is 0 Å². The van der Waals surface area contributed by atoms with Crippen LogP contribution in [-0.2, 0) is 9.59 Å². The van der Waals surface area contributed by atoms with E-state index in [1.165, 1.54) is 0 Å². The van der Waals surface area contributed by atoms with Crippen LogP contribution < -0.4 is 21.5 Å². The molecule has 2 aromatic carbocycles. The summed E-state index contributed by atoms with van der Waals surface area (Å²) in [4.78, 5) is 23.6. The Morgan fingerprint density at radius 3 is 2.20 bits per heavy atom. The van der Waals surface area contributed by atoms with Gasteiger partial charge in [0.25, 0.3) is 0 Å². The summed E-state index contributed by atoms with van der Waals surface area (Å²) in [5.41, 5.74) is 5.77. The van der Waals surface area contributed by atoms with Gasteiger partial charge in [0, 0.05) is 5.69 Å². The summed E-state index contributed by atoms with van der Waals surface area (Å²) < 4.78 is 0. The molecule has 0 saturated heterocycles. The molecular formula is C22H30N5O3+. The number of amides is 1. The second-order valence-electron chi connectivity index (χ2n) is 7.05. The lowest BCUT2D eigenvalue weighted by Gasteiger charge is -2.16. The number of azo groups is 1. The van der Waals surface area contributed by atoms with Crippen LogP contribution in [0.15, 0.2) is 64.8 Å². The zero-order valence-corrected chi connectivity index (χ0v) is 17.1. The van der Waals surface area contributed by atoms with Crippen molar-refractivity contribution < 1.29 is 25.7 Å². The van der Waals surface area contributed by atoms with E-state index in [0.717, 1.165) is 37.9 Å². The molecule has 6 N–H and O–H groups in total. The summed E-state index contributed by atoms with van der Waals surface area (Å²) in [6, 6.07) is 15.4. The van der Waals surface area contributed by atoms with Gasteiger partial charge in [0.05, 0.1) is 36.9 Å². The van der Waals surface area contributed by atoms with Gasteiger partial charge in [0.15, 0.2) is 0 Å². The molecule has 0 saturated carbocycles. The summed E-state index contributed by atoms with van der Waals surface area (Å²) in [7, 11) is 0. The molecule has 0 aliphatic carbocycles. The number of benzene rings is 2. The van der Waals surface area contributed by atoms with Crippen LogP contribution in [0.5, 0.6) is 0 Å². The van der Waals surface area contributed by atoms with Gasteiger partial charge in [0.1, 0.15) is 6.04 Å². The molecule has 160 valence electrons. The number of carboxylic acids is 1. The minimum absolute atomic E-state index is 0.142. The van der Waals surface area contributed by atoms with Crippen molar-refractivity contribution in [2.24, 2.45) is 10.2 Å². The standard InChI is InChI=1S/C22H29N5O3/c23-14-6-1-2-7-15-24-20(22(29)30)16-21(28)25-17-10-12-19(13-11-17)27-26-18-8-4-3-5-9-18/h3-5,8-13,20,24H,1-2,6-7,14-16,23H2,(H,25,28)(H,29,30)/p+1/t20-/m1/s1. The third-order valence-electron chi connectivity index (χ3n) is 4.55. The van der Waals surface area contributed by atoms with E-state index in [1.807, 2.05) is 30.3 Å². The molecule has 0 heterocycles. The minimum Gasteiger partial charge on any atom is -0.544 e. The Morgan fingerprint density at radius 2 is 1.57 bits per heavy atom. The van der Waals surface area contributed by atoms with Gasteiger partial charge < -0.3 is 26.3 Å². The Labute approximate surface area is 176 Å². The molecule has 8 heteroatoms. The number of carboxylic acid groups (broad SMARTS) is 1. The van der Waals surface area contributed by atoms with Gasteiger partial charge in [-0.3, -0.25) is 4.79 Å². The summed E-state index contributed by atoms with van der Waals surface area (Å²) >= 11 is 0. The van der Waals surface area contributed by atoms with Crippen molar-refractivity contribution in [2.75, 3.05) is 18.4 Å². The first-order valence-corrected chi connectivity index (χ1v) is 10.3. The molecular weight excluding hydrogens is 382 g/mol. The van der Waals surface area contributed by atoms with Crippen LogP contribution in [0.2, 0.25) is 0 Å². The average Bonchev–Trinajstić information content (AvgIpc) is 2.75. The maximum atomic E-state index is 12.2. The van der Waals surface area contributed by atoms with Crippen molar-refractivity contribution in [1.82, 2.24) is 0 Å². The van der Waals surface area contributed by atoms with E-state index in [4.69, 9.17) is 0 Å². The Morgan fingerprint density at radius 1 is 0.933 bits per heavy atom. The van der Waals surface area contributed by atoms with Gasteiger partial charge in [-0.15, -0.1) is 0 Å². The zero-order chi connectivity index (χ0) is 21.6.